The number of amides is 1. The summed E-state index contributed by atoms with van der Waals surface area (Å²) in [5.41, 5.74) is 3.10. The van der Waals surface area contributed by atoms with Gasteiger partial charge in [0.15, 0.2) is 0 Å². The first-order valence-electron chi connectivity index (χ1n) is 7.01. The highest BCUT2D eigenvalue weighted by Gasteiger charge is 2.16. The lowest BCUT2D eigenvalue weighted by Crippen LogP contribution is -2.36. The van der Waals surface area contributed by atoms with Gasteiger partial charge in [0.1, 0.15) is 0 Å². The molecule has 0 saturated carbocycles. The van der Waals surface area contributed by atoms with Crippen LogP contribution in [0, 0.1) is 5.92 Å². The summed E-state index contributed by atoms with van der Waals surface area (Å²) >= 11 is 0. The van der Waals surface area contributed by atoms with Crippen LogP contribution < -0.4 is 10.6 Å². The van der Waals surface area contributed by atoms with Crippen LogP contribution in [0.15, 0.2) is 18.2 Å². The Bertz CT molecular complexity index is 467. The molecule has 2 aliphatic heterocycles. The summed E-state index contributed by atoms with van der Waals surface area (Å²) in [6.45, 7) is 4.22. The van der Waals surface area contributed by atoms with Crippen molar-refractivity contribution in [2.24, 2.45) is 5.92 Å². The number of benzene rings is 1. The second-order valence-electron chi connectivity index (χ2n) is 5.38. The lowest BCUT2D eigenvalue weighted by atomic mass is 9.98. The van der Waals surface area contributed by atoms with E-state index >= 15 is 0 Å². The maximum absolute atomic E-state index is 12.1. The van der Waals surface area contributed by atoms with E-state index in [-0.39, 0.29) is 5.91 Å². The van der Waals surface area contributed by atoms with Crippen molar-refractivity contribution < 1.29 is 9.53 Å². The molecule has 2 aliphatic rings. The van der Waals surface area contributed by atoms with E-state index in [0.29, 0.717) is 19.1 Å². The molecule has 1 fully saturated rings. The van der Waals surface area contributed by atoms with Crippen molar-refractivity contribution in [3.8, 4) is 0 Å². The first kappa shape index (κ1) is 12.6. The number of rotatable bonds is 3. The number of nitrogens with one attached hydrogen (secondary N) is 2. The van der Waals surface area contributed by atoms with E-state index in [9.17, 15) is 4.79 Å². The molecule has 1 aromatic rings. The van der Waals surface area contributed by atoms with E-state index < -0.39 is 0 Å². The molecule has 4 nitrogen and oxygen atoms in total. The fourth-order valence-electron chi connectivity index (χ4n) is 2.74. The van der Waals surface area contributed by atoms with Crippen LogP contribution in [-0.4, -0.2) is 25.5 Å². The summed E-state index contributed by atoms with van der Waals surface area (Å²) < 4.78 is 5.37. The minimum absolute atomic E-state index is 0.0354. The minimum Gasteiger partial charge on any atom is -0.372 e. The van der Waals surface area contributed by atoms with Crippen LogP contribution in [0.4, 0.5) is 0 Å². The lowest BCUT2D eigenvalue weighted by Gasteiger charge is -2.22. The van der Waals surface area contributed by atoms with Crippen molar-refractivity contribution in [1.82, 2.24) is 10.6 Å². The molecule has 0 aromatic heterocycles. The number of fused-ring (bicyclic) bond motifs is 1. The molecule has 1 amide bonds. The van der Waals surface area contributed by atoms with E-state index in [1.165, 1.54) is 5.56 Å². The van der Waals surface area contributed by atoms with Crippen LogP contribution in [0.3, 0.4) is 0 Å². The molecule has 2 heterocycles. The van der Waals surface area contributed by atoms with Gasteiger partial charge in [-0.2, -0.15) is 0 Å². The van der Waals surface area contributed by atoms with E-state index in [4.69, 9.17) is 4.74 Å². The zero-order chi connectivity index (χ0) is 13.1. The SMILES string of the molecule is O=C(NCC1CCNCC1)c1ccc2c(c1)COC2. The Balaban J connectivity index is 1.57. The van der Waals surface area contributed by atoms with Gasteiger partial charge in [0.05, 0.1) is 13.2 Å². The van der Waals surface area contributed by atoms with Crippen molar-refractivity contribution in [2.45, 2.75) is 26.1 Å². The number of piperidine rings is 1. The van der Waals surface area contributed by atoms with Crippen molar-refractivity contribution in [3.05, 3.63) is 34.9 Å². The highest BCUT2D eigenvalue weighted by atomic mass is 16.5. The Morgan fingerprint density at radius 3 is 2.89 bits per heavy atom. The Hall–Kier alpha value is -1.39. The van der Waals surface area contributed by atoms with Gasteiger partial charge >= 0.3 is 0 Å². The summed E-state index contributed by atoms with van der Waals surface area (Å²) in [5.74, 6) is 0.649. The second kappa shape index (κ2) is 5.72. The van der Waals surface area contributed by atoms with Crippen LogP contribution in [0.5, 0.6) is 0 Å². The van der Waals surface area contributed by atoms with E-state index in [1.807, 2.05) is 18.2 Å². The van der Waals surface area contributed by atoms with Crippen LogP contribution in [0.2, 0.25) is 0 Å². The minimum atomic E-state index is 0.0354. The summed E-state index contributed by atoms with van der Waals surface area (Å²) in [6, 6.07) is 5.85. The molecule has 0 spiro atoms. The molecule has 1 saturated heterocycles. The largest absolute Gasteiger partial charge is 0.372 e. The molecule has 0 radical (unpaired) electrons. The number of carbonyl (C=O) groups excluding carboxylic acids is 1. The van der Waals surface area contributed by atoms with E-state index in [2.05, 4.69) is 10.6 Å². The summed E-state index contributed by atoms with van der Waals surface area (Å²) in [6.07, 6.45) is 2.30. The van der Waals surface area contributed by atoms with Gasteiger partial charge in [-0.05, 0) is 55.1 Å². The van der Waals surface area contributed by atoms with Crippen molar-refractivity contribution in [3.63, 3.8) is 0 Å². The van der Waals surface area contributed by atoms with Gasteiger partial charge in [0, 0.05) is 12.1 Å². The van der Waals surface area contributed by atoms with Gasteiger partial charge in [-0.15, -0.1) is 0 Å². The molecule has 0 unspecified atom stereocenters. The van der Waals surface area contributed by atoms with E-state index in [1.54, 1.807) is 0 Å². The predicted octanol–water partition coefficient (Wildman–Crippen LogP) is 1.45. The molecular formula is C15H20N2O2. The zero-order valence-corrected chi connectivity index (χ0v) is 11.1. The van der Waals surface area contributed by atoms with Crippen LogP contribution in [0.25, 0.3) is 0 Å². The first-order chi connectivity index (χ1) is 9.33. The normalized spacial score (nSPS) is 19.2. The second-order valence-corrected chi connectivity index (χ2v) is 5.38. The molecule has 3 rings (SSSR count). The Labute approximate surface area is 113 Å². The number of ether oxygens (including phenoxy) is 1. The fourth-order valence-corrected chi connectivity index (χ4v) is 2.74. The number of carbonyl (C=O) groups is 1. The van der Waals surface area contributed by atoms with Gasteiger partial charge < -0.3 is 15.4 Å². The molecule has 0 atom stereocenters. The molecule has 2 N–H and O–H groups in total. The van der Waals surface area contributed by atoms with Gasteiger partial charge in [-0.1, -0.05) is 6.07 Å². The molecule has 4 heteroatoms. The number of hydrogen-bond donors (Lipinski definition) is 2. The van der Waals surface area contributed by atoms with Gasteiger partial charge in [0.2, 0.25) is 0 Å². The van der Waals surface area contributed by atoms with Crippen LogP contribution in [0.1, 0.15) is 34.3 Å². The van der Waals surface area contributed by atoms with Crippen LogP contribution in [-0.2, 0) is 18.0 Å². The molecule has 102 valence electrons. The molecular weight excluding hydrogens is 240 g/mol. The Kier molecular flexibility index (Phi) is 3.80. The monoisotopic (exact) mass is 260 g/mol. The van der Waals surface area contributed by atoms with Crippen molar-refractivity contribution >= 4 is 5.91 Å². The highest BCUT2D eigenvalue weighted by Crippen LogP contribution is 2.20. The smallest absolute Gasteiger partial charge is 0.251 e. The standard InChI is InChI=1S/C15H20N2O2/c18-15(17-8-11-3-5-16-6-4-11)12-1-2-13-9-19-10-14(13)7-12/h1-2,7,11,16H,3-6,8-10H2,(H,17,18). The lowest BCUT2D eigenvalue weighted by molar-refractivity contribution is 0.0944. The third kappa shape index (κ3) is 2.96. The Morgan fingerprint density at radius 2 is 2.05 bits per heavy atom. The molecule has 1 aromatic carbocycles. The summed E-state index contributed by atoms with van der Waals surface area (Å²) in [7, 11) is 0. The van der Waals surface area contributed by atoms with Gasteiger partial charge in [0.25, 0.3) is 5.91 Å². The third-order valence-electron chi connectivity index (χ3n) is 3.99. The maximum atomic E-state index is 12.1. The fraction of sp³-hybridized carbons (Fsp3) is 0.533. The third-order valence-corrected chi connectivity index (χ3v) is 3.99. The van der Waals surface area contributed by atoms with E-state index in [0.717, 1.165) is 43.6 Å². The van der Waals surface area contributed by atoms with Crippen molar-refractivity contribution in [1.29, 1.82) is 0 Å². The van der Waals surface area contributed by atoms with Gasteiger partial charge in [-0.25, -0.2) is 0 Å². The average molecular weight is 260 g/mol. The highest BCUT2D eigenvalue weighted by molar-refractivity contribution is 5.94. The van der Waals surface area contributed by atoms with Crippen LogP contribution >= 0.6 is 0 Å². The predicted molar refractivity (Wildman–Crippen MR) is 72.9 cm³/mol. The molecule has 19 heavy (non-hydrogen) atoms. The number of hydrogen-bond acceptors (Lipinski definition) is 3. The summed E-state index contributed by atoms with van der Waals surface area (Å²) in [4.78, 5) is 12.1. The first-order valence-corrected chi connectivity index (χ1v) is 7.01. The zero-order valence-electron chi connectivity index (χ0n) is 11.1. The molecule has 0 bridgehead atoms. The maximum Gasteiger partial charge on any atom is 0.251 e. The average Bonchev–Trinajstić information content (AvgIpc) is 2.93. The summed E-state index contributed by atoms with van der Waals surface area (Å²) in [5, 5.41) is 6.39. The quantitative estimate of drug-likeness (QED) is 0.865. The van der Waals surface area contributed by atoms with Crippen molar-refractivity contribution in [2.75, 3.05) is 19.6 Å². The Morgan fingerprint density at radius 1 is 1.26 bits per heavy atom. The van der Waals surface area contributed by atoms with Gasteiger partial charge in [-0.3, -0.25) is 4.79 Å². The topological polar surface area (TPSA) is 50.4 Å². The molecule has 0 aliphatic carbocycles.